The van der Waals surface area contributed by atoms with Gasteiger partial charge in [-0.1, -0.05) is 0 Å². The van der Waals surface area contributed by atoms with Crippen LogP contribution in [0.15, 0.2) is 11.4 Å². The lowest BCUT2D eigenvalue weighted by Crippen LogP contribution is -2.41. The van der Waals surface area contributed by atoms with Crippen LogP contribution in [-0.4, -0.2) is 43.2 Å². The minimum absolute atomic E-state index is 0.0402. The average molecular weight is 301 g/mol. The number of hydrogen-bond donors (Lipinski definition) is 2. The Morgan fingerprint density at radius 1 is 1.40 bits per heavy atom. The Kier molecular flexibility index (Phi) is 5.98. The smallest absolute Gasteiger partial charge is 0.326 e. The van der Waals surface area contributed by atoms with Gasteiger partial charge in [-0.2, -0.15) is 0 Å². The van der Waals surface area contributed by atoms with Crippen molar-refractivity contribution in [3.63, 3.8) is 0 Å². The van der Waals surface area contributed by atoms with Gasteiger partial charge in [-0.05, 0) is 17.9 Å². The molecule has 1 aromatic rings. The topological polar surface area (TPSA) is 102 Å². The molecule has 0 saturated carbocycles. The van der Waals surface area contributed by atoms with Crippen LogP contribution in [0.2, 0.25) is 0 Å². The monoisotopic (exact) mass is 301 g/mol. The zero-order valence-corrected chi connectivity index (χ0v) is 11.9. The normalized spacial score (nSPS) is 11.5. The molecule has 0 radical (unpaired) electrons. The molecular formula is C12H15NO6S. The minimum atomic E-state index is -1.21. The molecule has 8 heteroatoms. The second-order valence-corrected chi connectivity index (χ2v) is 4.71. The Labute approximate surface area is 119 Å². The van der Waals surface area contributed by atoms with E-state index in [-0.39, 0.29) is 17.7 Å². The van der Waals surface area contributed by atoms with Crippen molar-refractivity contribution in [2.24, 2.45) is 0 Å². The molecule has 0 bridgehead atoms. The quantitative estimate of drug-likeness (QED) is 0.725. The number of esters is 1. The molecule has 1 amide bonds. The first-order chi connectivity index (χ1) is 9.49. The highest BCUT2D eigenvalue weighted by Crippen LogP contribution is 2.24. The van der Waals surface area contributed by atoms with Crippen molar-refractivity contribution in [3.8, 4) is 5.75 Å². The summed E-state index contributed by atoms with van der Waals surface area (Å²) < 4.78 is 9.42. The van der Waals surface area contributed by atoms with Crippen molar-refractivity contribution >= 4 is 29.2 Å². The molecule has 0 saturated heterocycles. The average Bonchev–Trinajstić information content (AvgIpc) is 2.90. The Bertz CT molecular complexity index is 498. The summed E-state index contributed by atoms with van der Waals surface area (Å²) in [5.41, 5.74) is 0. The van der Waals surface area contributed by atoms with Gasteiger partial charge in [-0.15, -0.1) is 11.3 Å². The highest BCUT2D eigenvalue weighted by Gasteiger charge is 2.24. The fourth-order valence-corrected chi connectivity index (χ4v) is 2.23. The van der Waals surface area contributed by atoms with Gasteiger partial charge < -0.3 is 19.9 Å². The van der Waals surface area contributed by atoms with Crippen LogP contribution >= 0.6 is 11.3 Å². The molecule has 0 unspecified atom stereocenters. The zero-order chi connectivity index (χ0) is 15.1. The van der Waals surface area contributed by atoms with E-state index in [4.69, 9.17) is 9.84 Å². The van der Waals surface area contributed by atoms with E-state index in [0.29, 0.717) is 5.75 Å². The van der Waals surface area contributed by atoms with Gasteiger partial charge in [-0.3, -0.25) is 9.59 Å². The predicted molar refractivity (Wildman–Crippen MR) is 71.0 cm³/mol. The highest BCUT2D eigenvalue weighted by atomic mass is 32.1. The first kappa shape index (κ1) is 16.0. The second-order valence-electron chi connectivity index (χ2n) is 3.80. The lowest BCUT2D eigenvalue weighted by molar-refractivity contribution is -0.142. The molecule has 7 nitrogen and oxygen atoms in total. The molecule has 0 spiro atoms. The first-order valence-corrected chi connectivity index (χ1v) is 6.59. The number of rotatable bonds is 7. The Morgan fingerprint density at radius 3 is 2.65 bits per heavy atom. The van der Waals surface area contributed by atoms with Crippen LogP contribution in [0.1, 0.15) is 22.5 Å². The van der Waals surface area contributed by atoms with E-state index in [1.807, 2.05) is 0 Å². The van der Waals surface area contributed by atoms with Gasteiger partial charge in [0.1, 0.15) is 16.7 Å². The van der Waals surface area contributed by atoms with E-state index in [1.54, 1.807) is 11.4 Å². The number of hydrogen-bond acceptors (Lipinski definition) is 6. The molecule has 110 valence electrons. The minimum Gasteiger partial charge on any atom is -0.495 e. The third-order valence-corrected chi connectivity index (χ3v) is 3.42. The summed E-state index contributed by atoms with van der Waals surface area (Å²) in [5.74, 6) is -1.91. The Balaban J connectivity index is 2.68. The van der Waals surface area contributed by atoms with E-state index >= 15 is 0 Å². The van der Waals surface area contributed by atoms with Gasteiger partial charge in [0, 0.05) is 6.42 Å². The van der Waals surface area contributed by atoms with E-state index in [0.717, 1.165) is 11.3 Å². The third kappa shape index (κ3) is 4.23. The number of methoxy groups -OCH3 is 2. The molecule has 0 aromatic carbocycles. The number of aliphatic carboxylic acids is 1. The summed E-state index contributed by atoms with van der Waals surface area (Å²) in [5, 5.41) is 13.1. The number of nitrogens with one attached hydrogen (secondary N) is 1. The molecule has 0 fully saturated rings. The summed E-state index contributed by atoms with van der Waals surface area (Å²) in [6.07, 6.45) is -0.128. The van der Waals surface area contributed by atoms with Crippen molar-refractivity contribution in [3.05, 3.63) is 16.3 Å². The van der Waals surface area contributed by atoms with Crippen molar-refractivity contribution < 1.29 is 29.0 Å². The number of carboxylic acid groups (broad SMARTS) is 1. The number of amides is 1. The van der Waals surface area contributed by atoms with Gasteiger partial charge in [0.15, 0.2) is 0 Å². The molecule has 0 aliphatic rings. The Morgan fingerprint density at radius 2 is 2.10 bits per heavy atom. The summed E-state index contributed by atoms with van der Waals surface area (Å²) in [6, 6.07) is 0.456. The molecule has 20 heavy (non-hydrogen) atoms. The maximum atomic E-state index is 12.0. The highest BCUT2D eigenvalue weighted by molar-refractivity contribution is 7.12. The molecule has 0 aliphatic carbocycles. The van der Waals surface area contributed by atoms with Crippen LogP contribution in [0, 0.1) is 0 Å². The lowest BCUT2D eigenvalue weighted by Gasteiger charge is -2.13. The van der Waals surface area contributed by atoms with Crippen LogP contribution in [-0.2, 0) is 14.3 Å². The SMILES string of the molecule is COC(=O)CC[C@H](NC(=O)c1sccc1OC)C(=O)O. The summed E-state index contributed by atoms with van der Waals surface area (Å²) in [6.45, 7) is 0. The third-order valence-electron chi connectivity index (χ3n) is 2.52. The number of carbonyl (C=O) groups excluding carboxylic acids is 2. The molecule has 0 aliphatic heterocycles. The fraction of sp³-hybridized carbons (Fsp3) is 0.417. The maximum absolute atomic E-state index is 12.0. The summed E-state index contributed by atoms with van der Waals surface area (Å²) >= 11 is 1.14. The molecule has 1 rings (SSSR count). The first-order valence-electron chi connectivity index (χ1n) is 5.71. The van der Waals surface area contributed by atoms with Gasteiger partial charge >= 0.3 is 11.9 Å². The molecule has 1 heterocycles. The lowest BCUT2D eigenvalue weighted by atomic mass is 10.1. The summed E-state index contributed by atoms with van der Waals surface area (Å²) in [7, 11) is 2.64. The van der Waals surface area contributed by atoms with Crippen LogP contribution in [0.25, 0.3) is 0 Å². The maximum Gasteiger partial charge on any atom is 0.326 e. The van der Waals surface area contributed by atoms with Gasteiger partial charge in [0.05, 0.1) is 14.2 Å². The van der Waals surface area contributed by atoms with Gasteiger partial charge in [-0.25, -0.2) is 4.79 Å². The standard InChI is InChI=1S/C12H15NO6S/c1-18-8-5-6-20-10(8)11(15)13-7(12(16)17)3-4-9(14)19-2/h5-7H,3-4H2,1-2H3,(H,13,15)(H,16,17)/t7-/m0/s1. The van der Waals surface area contributed by atoms with Crippen molar-refractivity contribution in [1.29, 1.82) is 0 Å². The molecule has 1 aromatic heterocycles. The fourth-order valence-electron chi connectivity index (χ4n) is 1.47. The summed E-state index contributed by atoms with van der Waals surface area (Å²) in [4.78, 5) is 34.3. The molecule has 2 N–H and O–H groups in total. The number of ether oxygens (including phenoxy) is 2. The predicted octanol–water partition coefficient (Wildman–Crippen LogP) is 0.893. The van der Waals surface area contributed by atoms with Crippen LogP contribution in [0.3, 0.4) is 0 Å². The van der Waals surface area contributed by atoms with Crippen LogP contribution in [0.4, 0.5) is 0 Å². The number of carbonyl (C=O) groups is 3. The van der Waals surface area contributed by atoms with Crippen molar-refractivity contribution in [1.82, 2.24) is 5.32 Å². The van der Waals surface area contributed by atoms with Crippen LogP contribution in [0.5, 0.6) is 5.75 Å². The number of thiophene rings is 1. The largest absolute Gasteiger partial charge is 0.495 e. The molecule has 1 atom stereocenters. The van der Waals surface area contributed by atoms with E-state index in [1.165, 1.54) is 14.2 Å². The van der Waals surface area contributed by atoms with Crippen LogP contribution < -0.4 is 10.1 Å². The molecular weight excluding hydrogens is 286 g/mol. The van der Waals surface area contributed by atoms with E-state index in [9.17, 15) is 14.4 Å². The van der Waals surface area contributed by atoms with Crippen molar-refractivity contribution in [2.45, 2.75) is 18.9 Å². The van der Waals surface area contributed by atoms with Crippen molar-refractivity contribution in [2.75, 3.05) is 14.2 Å². The number of carboxylic acids is 1. The Hall–Kier alpha value is -2.09. The van der Waals surface area contributed by atoms with E-state index < -0.39 is 23.9 Å². The van der Waals surface area contributed by atoms with Gasteiger partial charge in [0.2, 0.25) is 0 Å². The van der Waals surface area contributed by atoms with E-state index in [2.05, 4.69) is 10.1 Å². The van der Waals surface area contributed by atoms with Gasteiger partial charge in [0.25, 0.3) is 5.91 Å². The second kappa shape index (κ2) is 7.49. The zero-order valence-electron chi connectivity index (χ0n) is 11.0.